The number of nitrogens with one attached hydrogen (secondary N) is 1. The summed E-state index contributed by atoms with van der Waals surface area (Å²) < 4.78 is 32.6. The van der Waals surface area contributed by atoms with Crippen molar-refractivity contribution < 1.29 is 13.2 Å². The lowest BCUT2D eigenvalue weighted by Crippen LogP contribution is -2.52. The first-order chi connectivity index (χ1) is 8.96. The Balaban J connectivity index is 0.00000200. The van der Waals surface area contributed by atoms with Crippen molar-refractivity contribution in [1.82, 2.24) is 9.62 Å². The number of halogens is 2. The molecule has 5 nitrogen and oxygen atoms in total. The van der Waals surface area contributed by atoms with Crippen LogP contribution in [0, 0.1) is 0 Å². The molecule has 114 valence electrons. The van der Waals surface area contributed by atoms with Crippen LogP contribution in [-0.2, 0) is 10.0 Å². The second kappa shape index (κ2) is 7.09. The van der Waals surface area contributed by atoms with Crippen LogP contribution in [0.4, 0.5) is 0 Å². The third-order valence-electron chi connectivity index (χ3n) is 3.17. The fraction of sp³-hybridized carbons (Fsp3) is 0.500. The largest absolute Gasteiger partial charge is 0.496 e. The Morgan fingerprint density at radius 2 is 2.15 bits per heavy atom. The van der Waals surface area contributed by atoms with Crippen molar-refractivity contribution in [3.8, 4) is 5.75 Å². The van der Waals surface area contributed by atoms with Crippen LogP contribution in [0.25, 0.3) is 0 Å². The van der Waals surface area contributed by atoms with E-state index in [1.807, 2.05) is 6.92 Å². The Labute approximate surface area is 134 Å². The smallest absolute Gasteiger partial charge is 0.243 e. The minimum absolute atomic E-state index is 0. The zero-order chi connectivity index (χ0) is 14.0. The maximum atomic E-state index is 12.6. The summed E-state index contributed by atoms with van der Waals surface area (Å²) in [6.45, 7) is 3.74. The second-order valence-electron chi connectivity index (χ2n) is 4.47. The molecule has 0 saturated carbocycles. The summed E-state index contributed by atoms with van der Waals surface area (Å²) in [5, 5.41) is 3.18. The highest BCUT2D eigenvalue weighted by molar-refractivity contribution is 9.10. The Bertz CT molecular complexity index is 568. The van der Waals surface area contributed by atoms with E-state index in [2.05, 4.69) is 21.2 Å². The van der Waals surface area contributed by atoms with Gasteiger partial charge < -0.3 is 10.1 Å². The molecule has 0 amide bonds. The van der Waals surface area contributed by atoms with Crippen molar-refractivity contribution in [3.63, 3.8) is 0 Å². The van der Waals surface area contributed by atoms with Gasteiger partial charge in [0.15, 0.2) is 0 Å². The quantitative estimate of drug-likeness (QED) is 0.863. The number of piperazine rings is 1. The van der Waals surface area contributed by atoms with E-state index >= 15 is 0 Å². The molecule has 0 bridgehead atoms. The minimum Gasteiger partial charge on any atom is -0.496 e. The van der Waals surface area contributed by atoms with Crippen molar-refractivity contribution in [1.29, 1.82) is 0 Å². The third kappa shape index (κ3) is 3.46. The minimum atomic E-state index is -3.47. The van der Waals surface area contributed by atoms with Crippen LogP contribution in [0.5, 0.6) is 5.75 Å². The zero-order valence-corrected chi connectivity index (χ0v) is 14.5. The van der Waals surface area contributed by atoms with Gasteiger partial charge in [-0.15, -0.1) is 12.4 Å². The average Bonchev–Trinajstić information content (AvgIpc) is 2.39. The van der Waals surface area contributed by atoms with Gasteiger partial charge in [-0.3, -0.25) is 0 Å². The molecule has 1 aromatic rings. The van der Waals surface area contributed by atoms with Gasteiger partial charge in [0.25, 0.3) is 0 Å². The van der Waals surface area contributed by atoms with Gasteiger partial charge in [0.1, 0.15) is 5.75 Å². The van der Waals surface area contributed by atoms with Crippen LogP contribution >= 0.6 is 28.3 Å². The summed E-state index contributed by atoms with van der Waals surface area (Å²) in [6.07, 6.45) is 0. The van der Waals surface area contributed by atoms with E-state index in [4.69, 9.17) is 4.74 Å². The Morgan fingerprint density at radius 3 is 2.75 bits per heavy atom. The number of nitrogens with zero attached hydrogens (tertiary/aromatic N) is 1. The SMILES string of the molecule is COc1cc(S(=O)(=O)N2CCNCC2C)ccc1Br.Cl. The van der Waals surface area contributed by atoms with Gasteiger partial charge in [-0.2, -0.15) is 4.31 Å². The molecule has 0 spiro atoms. The molecule has 0 aliphatic carbocycles. The number of benzene rings is 1. The van der Waals surface area contributed by atoms with Gasteiger partial charge in [-0.25, -0.2) is 8.42 Å². The Morgan fingerprint density at radius 1 is 1.45 bits per heavy atom. The summed E-state index contributed by atoms with van der Waals surface area (Å²) >= 11 is 3.32. The Hall–Kier alpha value is -0.340. The predicted octanol–water partition coefficient (Wildman–Crippen LogP) is 1.86. The highest BCUT2D eigenvalue weighted by Gasteiger charge is 2.31. The summed E-state index contributed by atoms with van der Waals surface area (Å²) in [4.78, 5) is 0.265. The van der Waals surface area contributed by atoms with E-state index in [0.717, 1.165) is 4.47 Å². The van der Waals surface area contributed by atoms with Gasteiger partial charge in [-0.1, -0.05) is 0 Å². The number of sulfonamides is 1. The van der Waals surface area contributed by atoms with Gasteiger partial charge >= 0.3 is 0 Å². The molecular weight excluding hydrogens is 368 g/mol. The number of methoxy groups -OCH3 is 1. The van der Waals surface area contributed by atoms with E-state index in [0.29, 0.717) is 25.4 Å². The fourth-order valence-corrected chi connectivity index (χ4v) is 4.17. The predicted molar refractivity (Wildman–Crippen MR) is 84.2 cm³/mol. The lowest BCUT2D eigenvalue weighted by molar-refractivity contribution is 0.283. The average molecular weight is 386 g/mol. The molecule has 2 rings (SSSR count). The lowest BCUT2D eigenvalue weighted by atomic mass is 10.3. The molecule has 0 radical (unpaired) electrons. The van der Waals surface area contributed by atoms with E-state index in [9.17, 15) is 8.42 Å². The van der Waals surface area contributed by atoms with E-state index in [-0.39, 0.29) is 23.3 Å². The number of ether oxygens (including phenoxy) is 1. The molecule has 1 aliphatic rings. The third-order valence-corrected chi connectivity index (χ3v) is 5.83. The normalized spacial score (nSPS) is 20.2. The fourth-order valence-electron chi connectivity index (χ4n) is 2.12. The second-order valence-corrected chi connectivity index (χ2v) is 7.21. The summed E-state index contributed by atoms with van der Waals surface area (Å²) in [7, 11) is -1.95. The van der Waals surface area contributed by atoms with Crippen molar-refractivity contribution in [2.45, 2.75) is 17.9 Å². The van der Waals surface area contributed by atoms with Crippen LogP contribution in [-0.4, -0.2) is 45.5 Å². The van der Waals surface area contributed by atoms with Gasteiger partial charge in [-0.05, 0) is 35.0 Å². The summed E-state index contributed by atoms with van der Waals surface area (Å²) in [6, 6.07) is 4.79. The number of hydrogen-bond acceptors (Lipinski definition) is 4. The van der Waals surface area contributed by atoms with Gasteiger partial charge in [0.2, 0.25) is 10.0 Å². The number of hydrogen-bond donors (Lipinski definition) is 1. The lowest BCUT2D eigenvalue weighted by Gasteiger charge is -2.32. The molecule has 1 heterocycles. The van der Waals surface area contributed by atoms with E-state index in [1.54, 1.807) is 18.2 Å². The maximum Gasteiger partial charge on any atom is 0.243 e. The van der Waals surface area contributed by atoms with Crippen molar-refractivity contribution in [2.75, 3.05) is 26.7 Å². The maximum absolute atomic E-state index is 12.6. The molecule has 1 atom stereocenters. The zero-order valence-electron chi connectivity index (χ0n) is 11.3. The van der Waals surface area contributed by atoms with Crippen LogP contribution in [0.2, 0.25) is 0 Å². The molecule has 8 heteroatoms. The van der Waals surface area contributed by atoms with Gasteiger partial charge in [0.05, 0.1) is 16.5 Å². The van der Waals surface area contributed by atoms with Crippen molar-refractivity contribution >= 4 is 38.4 Å². The first-order valence-corrected chi connectivity index (χ1v) is 8.26. The highest BCUT2D eigenvalue weighted by atomic mass is 79.9. The Kier molecular flexibility index (Phi) is 6.27. The number of rotatable bonds is 3. The molecular formula is C12H18BrClN2O3S. The molecule has 1 N–H and O–H groups in total. The summed E-state index contributed by atoms with van der Waals surface area (Å²) in [5.41, 5.74) is 0. The van der Waals surface area contributed by atoms with Crippen LogP contribution in [0.3, 0.4) is 0 Å². The van der Waals surface area contributed by atoms with Crippen LogP contribution in [0.15, 0.2) is 27.6 Å². The van der Waals surface area contributed by atoms with Crippen LogP contribution in [0.1, 0.15) is 6.92 Å². The molecule has 20 heavy (non-hydrogen) atoms. The molecule has 1 unspecified atom stereocenters. The van der Waals surface area contributed by atoms with Crippen LogP contribution < -0.4 is 10.1 Å². The molecule has 1 aromatic carbocycles. The van der Waals surface area contributed by atoms with Gasteiger partial charge in [0, 0.05) is 31.7 Å². The van der Waals surface area contributed by atoms with Crippen molar-refractivity contribution in [3.05, 3.63) is 22.7 Å². The first kappa shape index (κ1) is 17.7. The van der Waals surface area contributed by atoms with E-state index < -0.39 is 10.0 Å². The van der Waals surface area contributed by atoms with Crippen molar-refractivity contribution in [2.24, 2.45) is 0 Å². The standard InChI is InChI=1S/C12H17BrN2O3S.ClH/c1-9-8-14-5-6-15(9)19(16,17)10-3-4-11(13)12(7-10)18-2;/h3-4,7,9,14H,5-6,8H2,1-2H3;1H. The molecule has 0 aromatic heterocycles. The molecule has 1 aliphatic heterocycles. The topological polar surface area (TPSA) is 58.6 Å². The highest BCUT2D eigenvalue weighted by Crippen LogP contribution is 2.29. The monoisotopic (exact) mass is 384 g/mol. The first-order valence-electron chi connectivity index (χ1n) is 6.03. The molecule has 1 saturated heterocycles. The molecule has 1 fully saturated rings. The summed E-state index contributed by atoms with van der Waals surface area (Å²) in [5.74, 6) is 0.517. The van der Waals surface area contributed by atoms with E-state index in [1.165, 1.54) is 11.4 Å².